The monoisotopic (exact) mass is 638 g/mol. The normalized spacial score (nSPS) is 12.0. The molecule has 0 atom stereocenters. The van der Waals surface area contributed by atoms with E-state index in [2.05, 4.69) is 102 Å². The van der Waals surface area contributed by atoms with Gasteiger partial charge in [0.1, 0.15) is 11.3 Å². The van der Waals surface area contributed by atoms with Gasteiger partial charge in [0.15, 0.2) is 11.6 Å². The SMILES string of the molecule is c1ccc(-c2nc(-c3ccccc3)nc(-n3c4ccccc4c4cc(-c5ccc6c7c(oc6c5)-c5cccc6cccc-7c56)ccc43)n2)cc1. The van der Waals surface area contributed by atoms with Crippen molar-refractivity contribution >= 4 is 43.5 Å². The maximum absolute atomic E-state index is 6.63. The first-order valence-electron chi connectivity index (χ1n) is 16.8. The highest BCUT2D eigenvalue weighted by Gasteiger charge is 2.27. The average Bonchev–Trinajstić information content (AvgIpc) is 3.83. The Morgan fingerprint density at radius 1 is 0.440 bits per heavy atom. The summed E-state index contributed by atoms with van der Waals surface area (Å²) in [6, 6.07) is 54.9. The summed E-state index contributed by atoms with van der Waals surface area (Å²) in [5, 5.41) is 5.93. The van der Waals surface area contributed by atoms with Crippen LogP contribution in [0.15, 0.2) is 162 Å². The molecule has 232 valence electrons. The van der Waals surface area contributed by atoms with Crippen LogP contribution in [0.2, 0.25) is 0 Å². The molecule has 11 rings (SSSR count). The first-order valence-corrected chi connectivity index (χ1v) is 16.8. The second kappa shape index (κ2) is 10.3. The van der Waals surface area contributed by atoms with E-state index in [9.17, 15) is 0 Å². The molecule has 0 spiro atoms. The lowest BCUT2D eigenvalue weighted by atomic mass is 9.99. The van der Waals surface area contributed by atoms with Crippen LogP contribution in [0.1, 0.15) is 0 Å². The van der Waals surface area contributed by atoms with Crippen LogP contribution >= 0.6 is 0 Å². The van der Waals surface area contributed by atoms with Crippen LogP contribution in [0, 0.1) is 0 Å². The molecule has 10 aromatic rings. The highest BCUT2D eigenvalue weighted by Crippen LogP contribution is 2.52. The van der Waals surface area contributed by atoms with Crippen molar-refractivity contribution < 1.29 is 4.42 Å². The third-order valence-corrected chi connectivity index (χ3v) is 10.0. The van der Waals surface area contributed by atoms with E-state index in [4.69, 9.17) is 19.4 Å². The third-order valence-electron chi connectivity index (χ3n) is 10.0. The van der Waals surface area contributed by atoms with Gasteiger partial charge >= 0.3 is 0 Å². The van der Waals surface area contributed by atoms with Crippen LogP contribution in [0.5, 0.6) is 0 Å². The van der Waals surface area contributed by atoms with Crippen molar-refractivity contribution in [3.8, 4) is 62.3 Å². The van der Waals surface area contributed by atoms with Crippen molar-refractivity contribution in [1.82, 2.24) is 19.5 Å². The number of hydrogen-bond donors (Lipinski definition) is 0. The Bertz CT molecular complexity index is 2910. The predicted molar refractivity (Wildman–Crippen MR) is 202 cm³/mol. The van der Waals surface area contributed by atoms with Crippen molar-refractivity contribution in [2.24, 2.45) is 0 Å². The van der Waals surface area contributed by atoms with Gasteiger partial charge in [0.2, 0.25) is 5.95 Å². The maximum Gasteiger partial charge on any atom is 0.238 e. The van der Waals surface area contributed by atoms with Crippen LogP contribution < -0.4 is 0 Å². The molecular formula is C45H26N4O. The smallest absolute Gasteiger partial charge is 0.238 e. The number of benzene rings is 7. The summed E-state index contributed by atoms with van der Waals surface area (Å²) in [5.41, 5.74) is 10.7. The summed E-state index contributed by atoms with van der Waals surface area (Å²) in [4.78, 5) is 15.1. The van der Waals surface area contributed by atoms with Gasteiger partial charge in [0, 0.05) is 43.8 Å². The van der Waals surface area contributed by atoms with Crippen molar-refractivity contribution in [1.29, 1.82) is 0 Å². The zero-order valence-electron chi connectivity index (χ0n) is 26.7. The lowest BCUT2D eigenvalue weighted by molar-refractivity contribution is 0.634. The van der Waals surface area contributed by atoms with Crippen LogP contribution in [0.4, 0.5) is 0 Å². The molecule has 7 aromatic carbocycles. The summed E-state index contributed by atoms with van der Waals surface area (Å²) in [7, 11) is 0. The Labute approximate surface area is 286 Å². The lowest BCUT2D eigenvalue weighted by Gasteiger charge is -2.11. The lowest BCUT2D eigenvalue weighted by Crippen LogP contribution is -2.06. The minimum Gasteiger partial charge on any atom is -0.455 e. The molecule has 0 radical (unpaired) electrons. The number of hydrogen-bond acceptors (Lipinski definition) is 4. The number of fused-ring (bicyclic) bond motifs is 8. The molecule has 0 unspecified atom stereocenters. The van der Waals surface area contributed by atoms with Gasteiger partial charge < -0.3 is 4.42 Å². The third kappa shape index (κ3) is 3.92. The van der Waals surface area contributed by atoms with Gasteiger partial charge in [-0.1, -0.05) is 127 Å². The summed E-state index contributed by atoms with van der Waals surface area (Å²) >= 11 is 0. The Hall–Kier alpha value is -6.85. The quantitative estimate of drug-likeness (QED) is 0.192. The Kier molecular flexibility index (Phi) is 5.60. The number of rotatable bonds is 4. The van der Waals surface area contributed by atoms with Crippen molar-refractivity contribution in [3.05, 3.63) is 158 Å². The summed E-state index contributed by atoms with van der Waals surface area (Å²) in [6.07, 6.45) is 0. The maximum atomic E-state index is 6.63. The van der Waals surface area contributed by atoms with Crippen LogP contribution in [-0.2, 0) is 0 Å². The van der Waals surface area contributed by atoms with Crippen LogP contribution in [0.3, 0.4) is 0 Å². The zero-order valence-corrected chi connectivity index (χ0v) is 26.7. The predicted octanol–water partition coefficient (Wildman–Crippen LogP) is 11.5. The summed E-state index contributed by atoms with van der Waals surface area (Å²) < 4.78 is 8.79. The fraction of sp³-hybridized carbons (Fsp3) is 0. The number of aromatic nitrogens is 4. The molecule has 0 saturated heterocycles. The van der Waals surface area contributed by atoms with E-state index in [0.717, 1.165) is 60.8 Å². The van der Waals surface area contributed by atoms with Crippen molar-refractivity contribution in [2.45, 2.75) is 0 Å². The Morgan fingerprint density at radius 3 is 1.84 bits per heavy atom. The molecule has 50 heavy (non-hydrogen) atoms. The first-order chi connectivity index (χ1) is 24.8. The fourth-order valence-electron chi connectivity index (χ4n) is 7.74. The van der Waals surface area contributed by atoms with E-state index < -0.39 is 0 Å². The largest absolute Gasteiger partial charge is 0.455 e. The van der Waals surface area contributed by atoms with E-state index in [1.165, 1.54) is 27.5 Å². The van der Waals surface area contributed by atoms with Gasteiger partial charge in [-0.2, -0.15) is 9.97 Å². The van der Waals surface area contributed by atoms with Crippen LogP contribution in [0.25, 0.3) is 106 Å². The number of para-hydroxylation sites is 1. The zero-order chi connectivity index (χ0) is 32.8. The highest BCUT2D eigenvalue weighted by molar-refractivity contribution is 6.20. The average molecular weight is 639 g/mol. The van der Waals surface area contributed by atoms with E-state index in [-0.39, 0.29) is 0 Å². The molecule has 0 bridgehead atoms. The van der Waals surface area contributed by atoms with Crippen LogP contribution in [-0.4, -0.2) is 19.5 Å². The number of furan rings is 1. The van der Waals surface area contributed by atoms with Crippen molar-refractivity contribution in [2.75, 3.05) is 0 Å². The second-order valence-corrected chi connectivity index (χ2v) is 12.8. The van der Waals surface area contributed by atoms with Gasteiger partial charge in [0.05, 0.1) is 11.0 Å². The van der Waals surface area contributed by atoms with Gasteiger partial charge in [-0.3, -0.25) is 4.57 Å². The van der Waals surface area contributed by atoms with E-state index >= 15 is 0 Å². The van der Waals surface area contributed by atoms with E-state index in [0.29, 0.717) is 17.6 Å². The Balaban J connectivity index is 1.08. The molecule has 3 heterocycles. The van der Waals surface area contributed by atoms with Gasteiger partial charge in [0.25, 0.3) is 0 Å². The van der Waals surface area contributed by atoms with Gasteiger partial charge in [-0.05, 0) is 52.4 Å². The van der Waals surface area contributed by atoms with E-state index in [1.54, 1.807) is 0 Å². The molecule has 1 aliphatic rings. The van der Waals surface area contributed by atoms with E-state index in [1.807, 2.05) is 60.7 Å². The second-order valence-electron chi connectivity index (χ2n) is 12.8. The van der Waals surface area contributed by atoms with Gasteiger partial charge in [-0.15, -0.1) is 0 Å². The van der Waals surface area contributed by atoms with Gasteiger partial charge in [-0.25, -0.2) is 4.98 Å². The topological polar surface area (TPSA) is 56.7 Å². The standard InChI is InChI=1S/C45H26N4O/c1-3-11-28(12-4-1)43-46-44(29-13-5-2-6-14-29)48-45(47-43)49-37-20-8-7-17-32(37)36-25-30(22-24-38(36)49)31-21-23-33-39(26-31)50-42-35-19-10-16-27-15-9-18-34(40(27)35)41(33)42/h1-26H. The molecule has 0 saturated carbocycles. The molecule has 1 aliphatic carbocycles. The minimum atomic E-state index is 0.582. The van der Waals surface area contributed by atoms with Crippen molar-refractivity contribution in [3.63, 3.8) is 0 Å². The molecule has 5 nitrogen and oxygen atoms in total. The summed E-state index contributed by atoms with van der Waals surface area (Å²) in [5.74, 6) is 2.81. The number of nitrogens with zero attached hydrogens (tertiary/aromatic N) is 4. The minimum absolute atomic E-state index is 0.582. The first kappa shape index (κ1) is 27.1. The molecule has 5 heteroatoms. The molecule has 3 aromatic heterocycles. The highest BCUT2D eigenvalue weighted by atomic mass is 16.3. The molecule has 0 N–H and O–H groups in total. The molecule has 0 amide bonds. The molecule has 0 fully saturated rings. The Morgan fingerprint density at radius 2 is 1.08 bits per heavy atom. The molecule has 0 aliphatic heterocycles. The summed E-state index contributed by atoms with van der Waals surface area (Å²) in [6.45, 7) is 0. The molecular weight excluding hydrogens is 613 g/mol. The fourth-order valence-corrected chi connectivity index (χ4v) is 7.74.